The standard InChI is InChI=1S/C16H17NS2/c1-2-18-16-10-6-4-8-13(16)17-14-11-19-15-9-5-3-7-12(14)15/h3-10,14,17H,2,11H2,1H3. The number of benzene rings is 2. The Labute approximate surface area is 123 Å². The van der Waals surface area contributed by atoms with E-state index in [2.05, 4.69) is 60.8 Å². The number of hydrogen-bond acceptors (Lipinski definition) is 3. The first-order valence-corrected chi connectivity index (χ1v) is 8.55. The van der Waals surface area contributed by atoms with Crippen molar-refractivity contribution in [3.8, 4) is 0 Å². The van der Waals surface area contributed by atoms with Crippen molar-refractivity contribution in [1.82, 2.24) is 0 Å². The molecule has 3 rings (SSSR count). The fourth-order valence-corrected chi connectivity index (χ4v) is 4.27. The van der Waals surface area contributed by atoms with Gasteiger partial charge in [-0.2, -0.15) is 0 Å². The fraction of sp³-hybridized carbons (Fsp3) is 0.250. The molecule has 1 N–H and O–H groups in total. The third kappa shape index (κ3) is 2.77. The van der Waals surface area contributed by atoms with Crippen molar-refractivity contribution < 1.29 is 0 Å². The largest absolute Gasteiger partial charge is 0.376 e. The average Bonchev–Trinajstić information content (AvgIpc) is 2.85. The normalized spacial score (nSPS) is 17.2. The van der Waals surface area contributed by atoms with Gasteiger partial charge in [0, 0.05) is 21.2 Å². The third-order valence-corrected chi connectivity index (χ3v) is 5.36. The van der Waals surface area contributed by atoms with Crippen molar-refractivity contribution in [2.45, 2.75) is 22.8 Å². The zero-order valence-corrected chi connectivity index (χ0v) is 12.6. The minimum atomic E-state index is 0.430. The molecule has 0 radical (unpaired) electrons. The van der Waals surface area contributed by atoms with Gasteiger partial charge in [0.05, 0.1) is 6.04 Å². The van der Waals surface area contributed by atoms with E-state index in [1.807, 2.05) is 23.5 Å². The third-order valence-electron chi connectivity index (χ3n) is 3.22. The lowest BCUT2D eigenvalue weighted by Crippen LogP contribution is -2.10. The van der Waals surface area contributed by atoms with Crippen LogP contribution in [0.4, 0.5) is 5.69 Å². The highest BCUT2D eigenvalue weighted by atomic mass is 32.2. The molecule has 1 heterocycles. The quantitative estimate of drug-likeness (QED) is 0.790. The van der Waals surface area contributed by atoms with E-state index in [1.165, 1.54) is 21.0 Å². The number of anilines is 1. The van der Waals surface area contributed by atoms with Gasteiger partial charge in [-0.1, -0.05) is 37.3 Å². The predicted molar refractivity (Wildman–Crippen MR) is 86.4 cm³/mol. The molecule has 1 aliphatic heterocycles. The molecule has 1 unspecified atom stereocenters. The smallest absolute Gasteiger partial charge is 0.0619 e. The molecule has 0 bridgehead atoms. The molecular formula is C16H17NS2. The van der Waals surface area contributed by atoms with Crippen LogP contribution in [0.2, 0.25) is 0 Å². The average molecular weight is 287 g/mol. The minimum Gasteiger partial charge on any atom is -0.376 e. The van der Waals surface area contributed by atoms with Gasteiger partial charge in [0.2, 0.25) is 0 Å². The monoisotopic (exact) mass is 287 g/mol. The van der Waals surface area contributed by atoms with Gasteiger partial charge in [-0.15, -0.1) is 23.5 Å². The van der Waals surface area contributed by atoms with Crippen LogP contribution in [0.1, 0.15) is 18.5 Å². The molecular weight excluding hydrogens is 270 g/mol. The predicted octanol–water partition coefficient (Wildman–Crippen LogP) is 5.06. The van der Waals surface area contributed by atoms with Crippen molar-refractivity contribution in [2.75, 3.05) is 16.8 Å². The van der Waals surface area contributed by atoms with Crippen molar-refractivity contribution in [2.24, 2.45) is 0 Å². The molecule has 0 aliphatic carbocycles. The van der Waals surface area contributed by atoms with Crippen LogP contribution in [-0.2, 0) is 0 Å². The van der Waals surface area contributed by atoms with E-state index < -0.39 is 0 Å². The van der Waals surface area contributed by atoms with Crippen molar-refractivity contribution >= 4 is 29.2 Å². The molecule has 0 saturated carbocycles. The Morgan fingerprint density at radius 2 is 1.95 bits per heavy atom. The maximum absolute atomic E-state index is 3.71. The summed E-state index contributed by atoms with van der Waals surface area (Å²) >= 11 is 3.84. The maximum atomic E-state index is 3.71. The summed E-state index contributed by atoms with van der Waals surface area (Å²) in [7, 11) is 0. The number of fused-ring (bicyclic) bond motifs is 1. The van der Waals surface area contributed by atoms with Crippen LogP contribution in [0.3, 0.4) is 0 Å². The lowest BCUT2D eigenvalue weighted by Gasteiger charge is -2.17. The van der Waals surface area contributed by atoms with Crippen molar-refractivity contribution in [1.29, 1.82) is 0 Å². The van der Waals surface area contributed by atoms with Crippen LogP contribution < -0.4 is 5.32 Å². The Balaban J connectivity index is 1.83. The highest BCUT2D eigenvalue weighted by Gasteiger charge is 2.22. The van der Waals surface area contributed by atoms with Crippen molar-refractivity contribution in [3.63, 3.8) is 0 Å². The van der Waals surface area contributed by atoms with Crippen LogP contribution in [0.5, 0.6) is 0 Å². The number of hydrogen-bond donors (Lipinski definition) is 1. The summed E-state index contributed by atoms with van der Waals surface area (Å²) in [6.07, 6.45) is 0. The van der Waals surface area contributed by atoms with E-state index in [0.717, 1.165) is 11.5 Å². The van der Waals surface area contributed by atoms with E-state index >= 15 is 0 Å². The zero-order chi connectivity index (χ0) is 13.1. The van der Waals surface area contributed by atoms with Gasteiger partial charge in [-0.3, -0.25) is 0 Å². The SMILES string of the molecule is CCSc1ccccc1NC1CSc2ccccc21. The Morgan fingerprint density at radius 1 is 1.16 bits per heavy atom. The van der Waals surface area contributed by atoms with E-state index in [-0.39, 0.29) is 0 Å². The number of para-hydroxylation sites is 1. The molecule has 1 atom stereocenters. The molecule has 0 saturated heterocycles. The van der Waals surface area contributed by atoms with Gasteiger partial charge in [0.15, 0.2) is 0 Å². The fourth-order valence-electron chi connectivity index (χ4n) is 2.34. The molecule has 19 heavy (non-hydrogen) atoms. The van der Waals surface area contributed by atoms with Gasteiger partial charge in [0.25, 0.3) is 0 Å². The molecule has 0 fully saturated rings. The minimum absolute atomic E-state index is 0.430. The topological polar surface area (TPSA) is 12.0 Å². The van der Waals surface area contributed by atoms with Gasteiger partial charge in [-0.05, 0) is 29.5 Å². The summed E-state index contributed by atoms with van der Waals surface area (Å²) in [6.45, 7) is 2.20. The molecule has 98 valence electrons. The zero-order valence-electron chi connectivity index (χ0n) is 10.9. The second-order valence-electron chi connectivity index (χ2n) is 4.47. The van der Waals surface area contributed by atoms with Crippen LogP contribution in [0.25, 0.3) is 0 Å². The summed E-state index contributed by atoms with van der Waals surface area (Å²) in [4.78, 5) is 2.76. The second kappa shape index (κ2) is 5.93. The first-order valence-electron chi connectivity index (χ1n) is 6.58. The summed E-state index contributed by atoms with van der Waals surface area (Å²) in [5.74, 6) is 2.22. The number of rotatable bonds is 4. The van der Waals surface area contributed by atoms with Gasteiger partial charge < -0.3 is 5.32 Å². The van der Waals surface area contributed by atoms with E-state index in [9.17, 15) is 0 Å². The van der Waals surface area contributed by atoms with Crippen LogP contribution in [0, 0.1) is 0 Å². The summed E-state index contributed by atoms with van der Waals surface area (Å²) in [5, 5.41) is 3.71. The Kier molecular flexibility index (Phi) is 4.04. The Morgan fingerprint density at radius 3 is 2.84 bits per heavy atom. The summed E-state index contributed by atoms with van der Waals surface area (Å²) in [6, 6.07) is 17.7. The molecule has 2 aromatic carbocycles. The highest BCUT2D eigenvalue weighted by molar-refractivity contribution is 7.99. The molecule has 1 nitrogen and oxygen atoms in total. The second-order valence-corrected chi connectivity index (χ2v) is 6.84. The summed E-state index contributed by atoms with van der Waals surface area (Å²) < 4.78 is 0. The van der Waals surface area contributed by atoms with Gasteiger partial charge in [-0.25, -0.2) is 0 Å². The molecule has 0 amide bonds. The molecule has 0 spiro atoms. The number of nitrogens with one attached hydrogen (secondary N) is 1. The lowest BCUT2D eigenvalue weighted by molar-refractivity contribution is 0.894. The van der Waals surface area contributed by atoms with Gasteiger partial charge >= 0.3 is 0 Å². The molecule has 3 heteroatoms. The molecule has 1 aliphatic rings. The maximum Gasteiger partial charge on any atom is 0.0619 e. The molecule has 2 aromatic rings. The lowest BCUT2D eigenvalue weighted by atomic mass is 10.1. The van der Waals surface area contributed by atoms with Gasteiger partial charge in [0.1, 0.15) is 0 Å². The van der Waals surface area contributed by atoms with Crippen LogP contribution >= 0.6 is 23.5 Å². The van der Waals surface area contributed by atoms with E-state index in [4.69, 9.17) is 0 Å². The van der Waals surface area contributed by atoms with Crippen LogP contribution in [-0.4, -0.2) is 11.5 Å². The van der Waals surface area contributed by atoms with E-state index in [1.54, 1.807) is 0 Å². The van der Waals surface area contributed by atoms with Crippen molar-refractivity contribution in [3.05, 3.63) is 54.1 Å². The van der Waals surface area contributed by atoms with E-state index in [0.29, 0.717) is 6.04 Å². The van der Waals surface area contributed by atoms with Crippen LogP contribution in [0.15, 0.2) is 58.3 Å². The number of thioether (sulfide) groups is 2. The first-order chi connectivity index (χ1) is 9.38. The Bertz CT molecular complexity index is 568. The molecule has 0 aromatic heterocycles. The summed E-state index contributed by atoms with van der Waals surface area (Å²) in [5.41, 5.74) is 2.69. The Hall–Kier alpha value is -1.06. The first kappa shape index (κ1) is 12.9. The highest BCUT2D eigenvalue weighted by Crippen LogP contribution is 2.40.